The smallest absolute Gasteiger partial charge is 0.337 e. The molecule has 0 aliphatic rings. The van der Waals surface area contributed by atoms with E-state index in [2.05, 4.69) is 4.98 Å². The Bertz CT molecular complexity index is 958. The first-order chi connectivity index (χ1) is 9.75. The third kappa shape index (κ3) is 1.37. The van der Waals surface area contributed by atoms with Crippen LogP contribution in [0.4, 0.5) is 0 Å². The lowest BCUT2D eigenvalue weighted by Gasteiger charge is -1.95. The van der Waals surface area contributed by atoms with Crippen LogP contribution in [0.1, 0.15) is 0 Å². The van der Waals surface area contributed by atoms with Gasteiger partial charge < -0.3 is 4.42 Å². The summed E-state index contributed by atoms with van der Waals surface area (Å²) >= 11 is 0. The van der Waals surface area contributed by atoms with Gasteiger partial charge in [-0.2, -0.15) is 4.98 Å². The number of hydrogen-bond donors (Lipinski definition) is 0. The van der Waals surface area contributed by atoms with Crippen LogP contribution in [-0.4, -0.2) is 14.1 Å². The molecule has 0 amide bonds. The first-order valence-electron chi connectivity index (χ1n) is 6.28. The molecular formula is C15H11N3O2. The molecule has 0 fully saturated rings. The highest BCUT2D eigenvalue weighted by Gasteiger charge is 2.16. The highest BCUT2D eigenvalue weighted by molar-refractivity contribution is 5.78. The summed E-state index contributed by atoms with van der Waals surface area (Å²) in [6.07, 6.45) is 0. The molecule has 5 heteroatoms. The fourth-order valence-corrected chi connectivity index (χ4v) is 2.43. The van der Waals surface area contributed by atoms with Crippen molar-refractivity contribution < 1.29 is 4.42 Å². The minimum absolute atomic E-state index is 0.169. The van der Waals surface area contributed by atoms with Crippen LogP contribution < -0.4 is 5.69 Å². The van der Waals surface area contributed by atoms with Gasteiger partial charge in [0.15, 0.2) is 5.58 Å². The molecule has 4 rings (SSSR count). The number of hydrogen-bond acceptors (Lipinski definition) is 3. The van der Waals surface area contributed by atoms with Gasteiger partial charge in [0.05, 0.1) is 11.0 Å². The molecule has 0 spiro atoms. The van der Waals surface area contributed by atoms with Crippen molar-refractivity contribution in [2.45, 2.75) is 0 Å². The predicted octanol–water partition coefficient (Wildman–Crippen LogP) is 2.47. The van der Waals surface area contributed by atoms with Crippen LogP contribution in [-0.2, 0) is 7.05 Å². The topological polar surface area (TPSA) is 53.0 Å². The fraction of sp³-hybridized carbons (Fsp3) is 0.0667. The van der Waals surface area contributed by atoms with E-state index in [9.17, 15) is 4.79 Å². The molecule has 98 valence electrons. The highest BCUT2D eigenvalue weighted by Crippen LogP contribution is 2.20. The summed E-state index contributed by atoms with van der Waals surface area (Å²) in [4.78, 5) is 16.8. The molecule has 2 aromatic heterocycles. The Morgan fingerprint density at radius 2 is 1.70 bits per heavy atom. The third-order valence-electron chi connectivity index (χ3n) is 3.44. The monoisotopic (exact) mass is 265 g/mol. The zero-order valence-corrected chi connectivity index (χ0v) is 10.8. The van der Waals surface area contributed by atoms with Gasteiger partial charge in [0.2, 0.25) is 0 Å². The minimum Gasteiger partial charge on any atom is -0.423 e. The summed E-state index contributed by atoms with van der Waals surface area (Å²) in [5.41, 5.74) is 2.87. The van der Waals surface area contributed by atoms with Crippen molar-refractivity contribution >= 4 is 22.1 Å². The second kappa shape index (κ2) is 3.84. The SMILES string of the molecule is Cn1c(=O)n(-c2nc3ccccc3o2)c2ccccc21. The number of imidazole rings is 1. The van der Waals surface area contributed by atoms with Crippen LogP contribution in [0.15, 0.2) is 57.7 Å². The summed E-state index contributed by atoms with van der Waals surface area (Å²) in [6.45, 7) is 0. The normalized spacial score (nSPS) is 11.4. The van der Waals surface area contributed by atoms with E-state index in [0.717, 1.165) is 16.6 Å². The third-order valence-corrected chi connectivity index (χ3v) is 3.44. The van der Waals surface area contributed by atoms with Crippen LogP contribution in [0.3, 0.4) is 0 Å². The summed E-state index contributed by atoms with van der Waals surface area (Å²) in [5, 5.41) is 0. The van der Waals surface area contributed by atoms with Crippen molar-refractivity contribution in [3.05, 3.63) is 59.0 Å². The number of aromatic nitrogens is 3. The maximum atomic E-state index is 12.4. The average molecular weight is 265 g/mol. The Hall–Kier alpha value is -2.82. The Kier molecular flexibility index (Phi) is 2.12. The van der Waals surface area contributed by atoms with Gasteiger partial charge >= 0.3 is 11.7 Å². The van der Waals surface area contributed by atoms with E-state index < -0.39 is 0 Å². The molecule has 2 aromatic carbocycles. The van der Waals surface area contributed by atoms with Gasteiger partial charge in [0, 0.05) is 7.05 Å². The van der Waals surface area contributed by atoms with E-state index in [0.29, 0.717) is 11.6 Å². The van der Waals surface area contributed by atoms with Crippen LogP contribution in [0.2, 0.25) is 0 Å². The van der Waals surface area contributed by atoms with Crippen LogP contribution in [0, 0.1) is 0 Å². The van der Waals surface area contributed by atoms with E-state index in [-0.39, 0.29) is 5.69 Å². The molecule has 0 radical (unpaired) electrons. The zero-order chi connectivity index (χ0) is 13.7. The first-order valence-corrected chi connectivity index (χ1v) is 6.28. The van der Waals surface area contributed by atoms with Crippen molar-refractivity contribution in [1.82, 2.24) is 14.1 Å². The largest absolute Gasteiger partial charge is 0.423 e. The molecule has 20 heavy (non-hydrogen) atoms. The molecule has 0 saturated heterocycles. The predicted molar refractivity (Wildman–Crippen MR) is 76.1 cm³/mol. The van der Waals surface area contributed by atoms with Gasteiger partial charge in [-0.15, -0.1) is 0 Å². The first kappa shape index (κ1) is 11.0. The van der Waals surface area contributed by atoms with Crippen LogP contribution in [0.25, 0.3) is 28.1 Å². The van der Waals surface area contributed by atoms with E-state index in [1.54, 1.807) is 11.6 Å². The highest BCUT2D eigenvalue weighted by atomic mass is 16.4. The van der Waals surface area contributed by atoms with Crippen molar-refractivity contribution in [3.63, 3.8) is 0 Å². The molecule has 0 saturated carbocycles. The number of para-hydroxylation sites is 4. The van der Waals surface area contributed by atoms with Gasteiger partial charge in [0.1, 0.15) is 5.52 Å². The summed E-state index contributed by atoms with van der Waals surface area (Å²) < 4.78 is 8.78. The van der Waals surface area contributed by atoms with Crippen molar-refractivity contribution in [2.24, 2.45) is 7.05 Å². The number of fused-ring (bicyclic) bond motifs is 2. The standard InChI is InChI=1S/C15H11N3O2/c1-17-11-7-3-4-8-12(11)18(15(17)19)14-16-10-6-2-5-9-13(10)20-14/h2-9H,1H3. The average Bonchev–Trinajstić information content (AvgIpc) is 3.00. The lowest BCUT2D eigenvalue weighted by Crippen LogP contribution is -2.20. The van der Waals surface area contributed by atoms with E-state index in [1.807, 2.05) is 48.5 Å². The second-order valence-electron chi connectivity index (χ2n) is 4.63. The van der Waals surface area contributed by atoms with Crippen molar-refractivity contribution in [1.29, 1.82) is 0 Å². The van der Waals surface area contributed by atoms with E-state index in [1.165, 1.54) is 4.57 Å². The van der Waals surface area contributed by atoms with Gasteiger partial charge in [0.25, 0.3) is 0 Å². The molecule has 0 unspecified atom stereocenters. The maximum absolute atomic E-state index is 12.4. The fourth-order valence-electron chi connectivity index (χ4n) is 2.43. The van der Waals surface area contributed by atoms with Gasteiger partial charge in [-0.05, 0) is 24.3 Å². The van der Waals surface area contributed by atoms with Gasteiger partial charge in [-0.25, -0.2) is 9.36 Å². The molecule has 4 aromatic rings. The van der Waals surface area contributed by atoms with E-state index in [4.69, 9.17) is 4.42 Å². The van der Waals surface area contributed by atoms with E-state index >= 15 is 0 Å². The van der Waals surface area contributed by atoms with Crippen LogP contribution >= 0.6 is 0 Å². The lowest BCUT2D eigenvalue weighted by atomic mass is 10.3. The molecule has 5 nitrogen and oxygen atoms in total. The molecule has 0 bridgehead atoms. The zero-order valence-electron chi connectivity index (χ0n) is 10.8. The number of rotatable bonds is 1. The molecule has 0 atom stereocenters. The molecule has 0 N–H and O–H groups in total. The summed E-state index contributed by atoms with van der Waals surface area (Å²) in [5.74, 6) is 0. The Balaban J connectivity index is 2.12. The quantitative estimate of drug-likeness (QED) is 0.531. The molecular weight excluding hydrogens is 254 g/mol. The van der Waals surface area contributed by atoms with Crippen molar-refractivity contribution in [2.75, 3.05) is 0 Å². The summed E-state index contributed by atoms with van der Waals surface area (Å²) in [6, 6.07) is 15.3. The number of nitrogens with zero attached hydrogens (tertiary/aromatic N) is 3. The second-order valence-corrected chi connectivity index (χ2v) is 4.63. The maximum Gasteiger partial charge on any atom is 0.337 e. The van der Waals surface area contributed by atoms with Crippen molar-refractivity contribution in [3.8, 4) is 6.01 Å². The lowest BCUT2D eigenvalue weighted by molar-refractivity contribution is 0.560. The van der Waals surface area contributed by atoms with Crippen LogP contribution in [0.5, 0.6) is 0 Å². The Morgan fingerprint density at radius 1 is 1.00 bits per heavy atom. The number of benzene rings is 2. The molecule has 0 aliphatic heterocycles. The minimum atomic E-state index is -0.169. The van der Waals surface area contributed by atoms with Gasteiger partial charge in [-0.1, -0.05) is 24.3 Å². The number of oxazole rings is 1. The molecule has 2 heterocycles. The van der Waals surface area contributed by atoms with Gasteiger partial charge in [-0.3, -0.25) is 4.57 Å². The molecule has 0 aliphatic carbocycles. The Labute approximate surface area is 113 Å². The Morgan fingerprint density at radius 3 is 2.50 bits per heavy atom. The number of aryl methyl sites for hydroxylation is 1. The summed E-state index contributed by atoms with van der Waals surface area (Å²) in [7, 11) is 1.74.